The largest absolute Gasteiger partial charge is 0.320 e. The van der Waals surface area contributed by atoms with Crippen LogP contribution >= 0.6 is 0 Å². The molecule has 0 aliphatic rings. The molecule has 2 aromatic rings. The Bertz CT molecular complexity index is 759. The topological polar surface area (TPSA) is 44.0 Å². The third kappa shape index (κ3) is 2.61. The van der Waals surface area contributed by atoms with Gasteiger partial charge in [-0.1, -0.05) is 12.1 Å². The summed E-state index contributed by atoms with van der Waals surface area (Å²) in [5, 5.41) is 0. The van der Waals surface area contributed by atoms with Gasteiger partial charge in [0.15, 0.2) is 0 Å². The van der Waals surface area contributed by atoms with E-state index in [0.29, 0.717) is 24.2 Å². The van der Waals surface area contributed by atoms with Crippen molar-refractivity contribution in [3.8, 4) is 5.69 Å². The van der Waals surface area contributed by atoms with E-state index in [0.717, 1.165) is 4.57 Å². The molecule has 0 atom stereocenters. The molecule has 1 aromatic heterocycles. The Morgan fingerprint density at radius 2 is 2.00 bits per heavy atom. The van der Waals surface area contributed by atoms with Crippen LogP contribution in [0, 0.1) is 12.7 Å². The van der Waals surface area contributed by atoms with E-state index in [2.05, 4.69) is 6.58 Å². The van der Waals surface area contributed by atoms with Crippen LogP contribution in [0.5, 0.6) is 0 Å². The van der Waals surface area contributed by atoms with Crippen molar-refractivity contribution in [2.24, 2.45) is 0 Å². The highest BCUT2D eigenvalue weighted by Crippen LogP contribution is 2.11. The zero-order chi connectivity index (χ0) is 14.7. The van der Waals surface area contributed by atoms with Gasteiger partial charge in [0.05, 0.1) is 5.69 Å². The Kier molecular flexibility index (Phi) is 3.98. The second-order valence-electron chi connectivity index (χ2n) is 4.48. The zero-order valence-corrected chi connectivity index (χ0v) is 11.2. The van der Waals surface area contributed by atoms with Gasteiger partial charge in [0.25, 0.3) is 0 Å². The van der Waals surface area contributed by atoms with Crippen LogP contribution in [0.2, 0.25) is 0 Å². The summed E-state index contributed by atoms with van der Waals surface area (Å²) in [5.74, 6) is -0.412. The number of hydrogen-bond acceptors (Lipinski definition) is 2. The fraction of sp³-hybridized carbons (Fsp3) is 0.200. The van der Waals surface area contributed by atoms with Gasteiger partial charge in [-0.05, 0) is 31.0 Å². The molecule has 1 heterocycles. The molecule has 0 radical (unpaired) electrons. The molecule has 1 aromatic carbocycles. The van der Waals surface area contributed by atoms with Crippen molar-refractivity contribution in [2.75, 3.05) is 0 Å². The average Bonchev–Trinajstić information content (AvgIpc) is 2.44. The van der Waals surface area contributed by atoms with Gasteiger partial charge in [0.1, 0.15) is 5.82 Å². The predicted molar refractivity (Wildman–Crippen MR) is 75.8 cm³/mol. The normalized spacial score (nSPS) is 10.5. The van der Waals surface area contributed by atoms with Crippen LogP contribution in [0.1, 0.15) is 12.0 Å². The predicted octanol–water partition coefficient (Wildman–Crippen LogP) is 2.02. The molecule has 0 aliphatic heterocycles. The zero-order valence-electron chi connectivity index (χ0n) is 11.2. The molecule has 5 heteroatoms. The van der Waals surface area contributed by atoms with Gasteiger partial charge in [-0.15, -0.1) is 6.58 Å². The van der Waals surface area contributed by atoms with Crippen LogP contribution in [-0.4, -0.2) is 9.13 Å². The van der Waals surface area contributed by atoms with Crippen molar-refractivity contribution < 1.29 is 4.39 Å². The molecule has 0 aliphatic carbocycles. The van der Waals surface area contributed by atoms with E-state index in [4.69, 9.17) is 0 Å². The lowest BCUT2D eigenvalue weighted by Crippen LogP contribution is -2.39. The van der Waals surface area contributed by atoms with E-state index in [1.54, 1.807) is 25.1 Å². The summed E-state index contributed by atoms with van der Waals surface area (Å²) >= 11 is 0. The number of allylic oxidation sites excluding steroid dienone is 1. The van der Waals surface area contributed by atoms with Crippen molar-refractivity contribution in [3.05, 3.63) is 75.3 Å². The Morgan fingerprint density at radius 3 is 2.65 bits per heavy atom. The van der Waals surface area contributed by atoms with E-state index >= 15 is 0 Å². The molecule has 0 spiro atoms. The highest BCUT2D eigenvalue weighted by molar-refractivity contribution is 5.35. The van der Waals surface area contributed by atoms with Gasteiger partial charge in [0, 0.05) is 18.9 Å². The van der Waals surface area contributed by atoms with Crippen molar-refractivity contribution in [1.29, 1.82) is 0 Å². The number of halogens is 1. The van der Waals surface area contributed by atoms with Gasteiger partial charge in [-0.2, -0.15) is 0 Å². The summed E-state index contributed by atoms with van der Waals surface area (Å²) in [6.07, 6.45) is 5.26. The van der Waals surface area contributed by atoms with Gasteiger partial charge in [-0.25, -0.2) is 4.39 Å². The Balaban J connectivity index is 2.51. The number of hydrogen-bond donors (Lipinski definition) is 0. The van der Waals surface area contributed by atoms with E-state index in [-0.39, 0.29) is 0 Å². The fourth-order valence-electron chi connectivity index (χ4n) is 1.85. The van der Waals surface area contributed by atoms with Crippen molar-refractivity contribution in [1.82, 2.24) is 9.13 Å². The minimum atomic E-state index is -0.695. The molecule has 0 unspecified atom stereocenters. The molecular weight excluding hydrogens is 259 g/mol. The first-order chi connectivity index (χ1) is 9.54. The summed E-state index contributed by atoms with van der Waals surface area (Å²) in [5.41, 5.74) is -0.498. The maximum absolute atomic E-state index is 13.5. The molecule has 0 N–H and O–H groups in total. The molecule has 0 saturated carbocycles. The fourth-order valence-corrected chi connectivity index (χ4v) is 1.85. The first kappa shape index (κ1) is 14.0. The van der Waals surface area contributed by atoms with E-state index in [9.17, 15) is 14.0 Å². The van der Waals surface area contributed by atoms with Crippen LogP contribution in [0.15, 0.2) is 52.8 Å². The monoisotopic (exact) mass is 274 g/mol. The van der Waals surface area contributed by atoms with Crippen molar-refractivity contribution >= 4 is 0 Å². The van der Waals surface area contributed by atoms with Crippen LogP contribution < -0.4 is 11.1 Å². The summed E-state index contributed by atoms with van der Waals surface area (Å²) < 4.78 is 16.0. The van der Waals surface area contributed by atoms with E-state index in [1.165, 1.54) is 23.0 Å². The second kappa shape index (κ2) is 5.69. The summed E-state index contributed by atoms with van der Waals surface area (Å²) in [6, 6.07) is 4.41. The quantitative estimate of drug-likeness (QED) is 0.632. The molecule has 20 heavy (non-hydrogen) atoms. The van der Waals surface area contributed by atoms with Gasteiger partial charge in [0.2, 0.25) is 0 Å². The molecular formula is C15H15FN2O2. The molecule has 0 bridgehead atoms. The first-order valence-electron chi connectivity index (χ1n) is 6.24. The highest BCUT2D eigenvalue weighted by Gasteiger charge is 2.07. The van der Waals surface area contributed by atoms with Crippen molar-refractivity contribution in [3.63, 3.8) is 0 Å². The van der Waals surface area contributed by atoms with Crippen LogP contribution in [-0.2, 0) is 6.54 Å². The smallest absolute Gasteiger partial charge is 0.309 e. The molecule has 0 saturated heterocycles. The minimum absolute atomic E-state index is 0.339. The Labute approximate surface area is 115 Å². The molecule has 4 nitrogen and oxygen atoms in total. The summed E-state index contributed by atoms with van der Waals surface area (Å²) in [7, 11) is 0. The highest BCUT2D eigenvalue weighted by atomic mass is 19.1. The van der Waals surface area contributed by atoms with Gasteiger partial charge in [-0.3, -0.25) is 14.2 Å². The average molecular weight is 274 g/mol. The molecule has 104 valence electrons. The minimum Gasteiger partial charge on any atom is -0.309 e. The third-order valence-electron chi connectivity index (χ3n) is 3.07. The lowest BCUT2D eigenvalue weighted by molar-refractivity contribution is 0.615. The van der Waals surface area contributed by atoms with Crippen LogP contribution in [0.4, 0.5) is 4.39 Å². The SMILES string of the molecule is C=CCCn1ccn(-c2ccc(C)c(F)c2)c(=O)c1=O. The number of nitrogens with zero attached hydrogens (tertiary/aromatic N) is 2. The van der Waals surface area contributed by atoms with Crippen LogP contribution in [0.25, 0.3) is 5.69 Å². The number of benzene rings is 1. The summed E-state index contributed by atoms with van der Waals surface area (Å²) in [4.78, 5) is 24.0. The Hall–Kier alpha value is -2.43. The second-order valence-corrected chi connectivity index (χ2v) is 4.48. The number of rotatable bonds is 4. The van der Waals surface area contributed by atoms with Crippen LogP contribution in [0.3, 0.4) is 0 Å². The van der Waals surface area contributed by atoms with Gasteiger partial charge < -0.3 is 4.57 Å². The van der Waals surface area contributed by atoms with E-state index < -0.39 is 16.9 Å². The first-order valence-corrected chi connectivity index (χ1v) is 6.24. The maximum atomic E-state index is 13.5. The standard InChI is InChI=1S/C15H15FN2O2/c1-3-4-7-17-8-9-18(15(20)14(17)19)12-6-5-11(2)13(16)10-12/h3,5-6,8-10H,1,4,7H2,2H3. The van der Waals surface area contributed by atoms with Gasteiger partial charge >= 0.3 is 11.1 Å². The Morgan fingerprint density at radius 1 is 1.25 bits per heavy atom. The molecule has 0 amide bonds. The maximum Gasteiger partial charge on any atom is 0.320 e. The van der Waals surface area contributed by atoms with E-state index in [1.807, 2.05) is 0 Å². The number of aryl methyl sites for hydroxylation is 2. The number of aromatic nitrogens is 2. The van der Waals surface area contributed by atoms with Crippen molar-refractivity contribution in [2.45, 2.75) is 19.9 Å². The molecule has 2 rings (SSSR count). The lowest BCUT2D eigenvalue weighted by Gasteiger charge is -2.09. The lowest BCUT2D eigenvalue weighted by atomic mass is 10.2. The third-order valence-corrected chi connectivity index (χ3v) is 3.07. The summed E-state index contributed by atoms with van der Waals surface area (Å²) in [6.45, 7) is 5.61. The molecule has 0 fully saturated rings.